The molecule has 8 bridgehead atoms. The fourth-order valence-electron chi connectivity index (χ4n) is 13.8. The van der Waals surface area contributed by atoms with Crippen LogP contribution < -0.4 is 4.90 Å². The highest BCUT2D eigenvalue weighted by Gasteiger charge is 2.54. The lowest BCUT2D eigenvalue weighted by molar-refractivity contribution is 0.665. The highest BCUT2D eigenvalue weighted by atomic mass is 32.2. The molecule has 0 saturated heterocycles. The summed E-state index contributed by atoms with van der Waals surface area (Å²) in [4.78, 5) is 7.90. The van der Waals surface area contributed by atoms with Crippen LogP contribution in [0.4, 0.5) is 17.1 Å². The van der Waals surface area contributed by atoms with Crippen LogP contribution >= 0.6 is 23.5 Å². The molecule has 16 rings (SSSR count). The molecular weight excluding hydrogens is 847 g/mol. The Hall–Kier alpha value is -7.30. The molecule has 0 amide bonds. The normalized spacial score (nSPS) is 19.2. The molecule has 10 aromatic rings. The fraction of sp³-hybridized carbons (Fsp3) is 0.0625. The average molecular weight is 886 g/mol. The second-order valence-electron chi connectivity index (χ2n) is 19.2. The van der Waals surface area contributed by atoms with Crippen LogP contribution in [0, 0.1) is 0 Å². The maximum Gasteiger partial charge on any atom is 0.0736 e. The minimum Gasteiger partial charge on any atom is -0.310 e. The summed E-state index contributed by atoms with van der Waals surface area (Å²) in [5.41, 5.74) is 24.8. The van der Waals surface area contributed by atoms with Gasteiger partial charge in [0.15, 0.2) is 0 Å². The standard InChI is InChI=1S/C64H39NS2/c1-62-47-18-5-2-15-41(47)44-32-29-38(35-55(44)62)65(39-30-33-45-42-16-3-6-19-48(42)63(56(45)36-39)50-21-8-11-26-58(50)66-59-27-12-9-22-51(59)63)40-31-34-46-43-17-4-7-20-49(43)64(57(46)37-40)52-23-10-13-28-60(52)67-61-53(62)24-14-25-54(61)64/h2-37H,1H3. The van der Waals surface area contributed by atoms with Crippen LogP contribution in [0.5, 0.6) is 0 Å². The molecule has 1 nitrogen and oxygen atoms in total. The van der Waals surface area contributed by atoms with Crippen LogP contribution in [0.3, 0.4) is 0 Å². The van der Waals surface area contributed by atoms with Crippen LogP contribution in [-0.2, 0) is 16.2 Å². The first-order chi connectivity index (χ1) is 33.1. The Kier molecular flexibility index (Phi) is 7.03. The lowest BCUT2D eigenvalue weighted by Crippen LogP contribution is -2.34. The van der Waals surface area contributed by atoms with Crippen LogP contribution in [0.2, 0.25) is 0 Å². The maximum atomic E-state index is 2.58. The monoisotopic (exact) mass is 885 g/mol. The molecule has 10 aromatic carbocycles. The van der Waals surface area contributed by atoms with Gasteiger partial charge in [0, 0.05) is 42.1 Å². The zero-order chi connectivity index (χ0) is 43.8. The van der Waals surface area contributed by atoms with E-state index in [1.165, 1.54) is 114 Å². The second kappa shape index (κ2) is 12.8. The van der Waals surface area contributed by atoms with Crippen molar-refractivity contribution in [3.63, 3.8) is 0 Å². The molecule has 0 fully saturated rings. The lowest BCUT2D eigenvalue weighted by atomic mass is 9.65. The van der Waals surface area contributed by atoms with Crippen LogP contribution in [0.25, 0.3) is 33.4 Å². The van der Waals surface area contributed by atoms with Crippen molar-refractivity contribution in [2.24, 2.45) is 0 Å². The van der Waals surface area contributed by atoms with Gasteiger partial charge < -0.3 is 4.90 Å². The molecule has 2 spiro atoms. The van der Waals surface area contributed by atoms with E-state index in [1.54, 1.807) is 0 Å². The summed E-state index contributed by atoms with van der Waals surface area (Å²) in [5.74, 6) is 0. The highest BCUT2D eigenvalue weighted by Crippen LogP contribution is 2.67. The van der Waals surface area contributed by atoms with Crippen molar-refractivity contribution in [1.82, 2.24) is 0 Å². The van der Waals surface area contributed by atoms with Gasteiger partial charge in [-0.15, -0.1) is 0 Å². The highest BCUT2D eigenvalue weighted by molar-refractivity contribution is 7.99. The first kappa shape index (κ1) is 36.9. The third kappa shape index (κ3) is 4.29. The van der Waals surface area contributed by atoms with Gasteiger partial charge in [-0.1, -0.05) is 187 Å². The molecule has 0 N–H and O–H groups in total. The van der Waals surface area contributed by atoms with E-state index in [4.69, 9.17) is 0 Å². The van der Waals surface area contributed by atoms with Gasteiger partial charge in [-0.25, -0.2) is 0 Å². The van der Waals surface area contributed by atoms with Gasteiger partial charge in [-0.2, -0.15) is 0 Å². The van der Waals surface area contributed by atoms with Crippen molar-refractivity contribution in [2.75, 3.05) is 4.90 Å². The van der Waals surface area contributed by atoms with Gasteiger partial charge in [0.1, 0.15) is 0 Å². The third-order valence-corrected chi connectivity index (χ3v) is 18.8. The van der Waals surface area contributed by atoms with Gasteiger partial charge >= 0.3 is 0 Å². The average Bonchev–Trinajstić information content (AvgIpc) is 3.94. The fourth-order valence-corrected chi connectivity index (χ4v) is 16.4. The summed E-state index contributed by atoms with van der Waals surface area (Å²) in [6.07, 6.45) is 0. The van der Waals surface area contributed by atoms with Crippen molar-refractivity contribution in [3.8, 4) is 33.4 Å². The zero-order valence-corrected chi connectivity index (χ0v) is 38.2. The molecular formula is C64H39NS2. The van der Waals surface area contributed by atoms with Crippen molar-refractivity contribution < 1.29 is 0 Å². The molecule has 3 aliphatic heterocycles. The van der Waals surface area contributed by atoms with Gasteiger partial charge in [0.25, 0.3) is 0 Å². The minimum atomic E-state index is -0.526. The number of fused-ring (bicyclic) bond motifs is 18. The molecule has 2 atom stereocenters. The van der Waals surface area contributed by atoms with E-state index < -0.39 is 16.2 Å². The molecule has 0 saturated carbocycles. The Bertz CT molecular complexity index is 3830. The predicted octanol–water partition coefficient (Wildman–Crippen LogP) is 16.5. The Morgan fingerprint density at radius 1 is 0.284 bits per heavy atom. The predicted molar refractivity (Wildman–Crippen MR) is 275 cm³/mol. The first-order valence-corrected chi connectivity index (χ1v) is 25.0. The Morgan fingerprint density at radius 3 is 1.18 bits per heavy atom. The van der Waals surface area contributed by atoms with Crippen molar-refractivity contribution >= 4 is 40.6 Å². The molecule has 3 heterocycles. The number of rotatable bonds is 1. The number of hydrogen-bond donors (Lipinski definition) is 0. The van der Waals surface area contributed by atoms with Gasteiger partial charge in [0.2, 0.25) is 0 Å². The summed E-state index contributed by atoms with van der Waals surface area (Å²) in [6, 6.07) is 84.4. The maximum absolute atomic E-state index is 2.58. The number of hydrogen-bond acceptors (Lipinski definition) is 3. The van der Waals surface area contributed by atoms with E-state index >= 15 is 0 Å². The minimum absolute atomic E-state index is 0.426. The Labute approximate surface area is 398 Å². The van der Waals surface area contributed by atoms with Crippen LogP contribution in [0.15, 0.2) is 238 Å². The van der Waals surface area contributed by atoms with Crippen molar-refractivity contribution in [2.45, 2.75) is 42.8 Å². The summed E-state index contributed by atoms with van der Waals surface area (Å²) in [5, 5.41) is 0. The van der Waals surface area contributed by atoms with Gasteiger partial charge in [0.05, 0.1) is 10.8 Å². The van der Waals surface area contributed by atoms with Crippen LogP contribution in [-0.4, -0.2) is 0 Å². The van der Waals surface area contributed by atoms with Gasteiger partial charge in [-0.3, -0.25) is 0 Å². The second-order valence-corrected chi connectivity index (χ2v) is 21.3. The SMILES string of the molecule is CC12c3ccccc3-c3ccc(cc31)N(c1ccc3c(c1)C1(c4ccccc4Sc4ccccc41)c1ccccc1-3)c1ccc3c(c1)C1(c4ccccc4Sc4c2cccc41)c1ccccc1-3. The quantitative estimate of drug-likeness (QED) is 0.162. The lowest BCUT2D eigenvalue weighted by Gasteiger charge is -2.43. The molecule has 67 heavy (non-hydrogen) atoms. The van der Waals surface area contributed by atoms with E-state index in [9.17, 15) is 0 Å². The third-order valence-electron chi connectivity index (χ3n) is 16.4. The largest absolute Gasteiger partial charge is 0.310 e. The van der Waals surface area contributed by atoms with E-state index in [1.807, 2.05) is 23.5 Å². The van der Waals surface area contributed by atoms with Gasteiger partial charge in [-0.05, 0) is 156 Å². The first-order valence-electron chi connectivity index (χ1n) is 23.4. The number of benzene rings is 10. The van der Waals surface area contributed by atoms with Crippen molar-refractivity contribution in [3.05, 3.63) is 280 Å². The Balaban J connectivity index is 1.04. The molecule has 312 valence electrons. The van der Waals surface area contributed by atoms with E-state index in [0.29, 0.717) is 0 Å². The Morgan fingerprint density at radius 2 is 0.642 bits per heavy atom. The van der Waals surface area contributed by atoms with Crippen LogP contribution in [0.1, 0.15) is 68.1 Å². The molecule has 2 unspecified atom stereocenters. The molecule has 0 radical (unpaired) electrons. The smallest absolute Gasteiger partial charge is 0.0736 e. The number of nitrogens with zero attached hydrogens (tertiary/aromatic N) is 1. The molecule has 3 heteroatoms. The summed E-state index contributed by atoms with van der Waals surface area (Å²) >= 11 is 3.87. The summed E-state index contributed by atoms with van der Waals surface area (Å²) in [6.45, 7) is 2.50. The molecule has 3 aliphatic carbocycles. The summed E-state index contributed by atoms with van der Waals surface area (Å²) in [7, 11) is 0. The van der Waals surface area contributed by atoms with E-state index in [-0.39, 0.29) is 0 Å². The number of anilines is 3. The zero-order valence-electron chi connectivity index (χ0n) is 36.5. The summed E-state index contributed by atoms with van der Waals surface area (Å²) < 4.78 is 0. The van der Waals surface area contributed by atoms with E-state index in [0.717, 1.165) is 17.1 Å². The van der Waals surface area contributed by atoms with Crippen molar-refractivity contribution in [1.29, 1.82) is 0 Å². The topological polar surface area (TPSA) is 3.24 Å². The molecule has 6 aliphatic rings. The van der Waals surface area contributed by atoms with E-state index in [2.05, 4.69) is 230 Å². The molecule has 0 aromatic heterocycles.